The minimum absolute atomic E-state index is 0.0755. The number of hydrogen-bond acceptors (Lipinski definition) is 6. The number of rotatable bonds is 5. The molecule has 1 aromatic carbocycles. The van der Waals surface area contributed by atoms with Gasteiger partial charge in [0.25, 0.3) is 0 Å². The largest absolute Gasteiger partial charge is 0.326 e. The number of piperidine rings is 1. The molecule has 166 valence electrons. The third kappa shape index (κ3) is 4.71. The highest BCUT2D eigenvalue weighted by molar-refractivity contribution is 7.91. The minimum Gasteiger partial charge on any atom is -0.326 e. The van der Waals surface area contributed by atoms with Crippen molar-refractivity contribution >= 4 is 31.5 Å². The summed E-state index contributed by atoms with van der Waals surface area (Å²) in [7, 11) is -6.43. The lowest BCUT2D eigenvalue weighted by Gasteiger charge is -2.34. The molecule has 0 radical (unpaired) electrons. The van der Waals surface area contributed by atoms with E-state index in [-0.39, 0.29) is 34.3 Å². The predicted octanol–water partition coefficient (Wildman–Crippen LogP) is 1.31. The molecule has 3 saturated heterocycles. The Morgan fingerprint density at radius 1 is 1.03 bits per heavy atom. The van der Waals surface area contributed by atoms with Crippen molar-refractivity contribution in [3.8, 4) is 0 Å². The van der Waals surface area contributed by atoms with E-state index in [9.17, 15) is 21.6 Å². The highest BCUT2D eigenvalue weighted by Gasteiger charge is 2.35. The molecule has 0 unspecified atom stereocenters. The number of carbonyl (C=O) groups excluding carboxylic acids is 1. The fourth-order valence-electron chi connectivity index (χ4n) is 4.65. The van der Waals surface area contributed by atoms with Gasteiger partial charge in [-0.1, -0.05) is 6.07 Å². The summed E-state index contributed by atoms with van der Waals surface area (Å²) < 4.78 is 50.4. The maximum atomic E-state index is 12.7. The molecule has 0 bridgehead atoms. The van der Waals surface area contributed by atoms with Crippen LogP contribution in [0, 0.1) is 5.92 Å². The summed E-state index contributed by atoms with van der Waals surface area (Å²) >= 11 is 0. The van der Waals surface area contributed by atoms with E-state index in [0.29, 0.717) is 51.1 Å². The summed E-state index contributed by atoms with van der Waals surface area (Å²) in [6.07, 6.45) is 3.78. The van der Waals surface area contributed by atoms with Crippen molar-refractivity contribution in [1.29, 1.82) is 0 Å². The second-order valence-corrected chi connectivity index (χ2v) is 12.7. The number of carbonyl (C=O) groups is 1. The first-order valence-corrected chi connectivity index (χ1v) is 13.9. The second kappa shape index (κ2) is 8.57. The van der Waals surface area contributed by atoms with Crippen LogP contribution in [0.3, 0.4) is 0 Å². The summed E-state index contributed by atoms with van der Waals surface area (Å²) in [6.45, 7) is 2.50. The molecule has 3 aliphatic rings. The lowest BCUT2D eigenvalue weighted by atomic mass is 9.94. The van der Waals surface area contributed by atoms with E-state index in [4.69, 9.17) is 0 Å². The maximum absolute atomic E-state index is 12.7. The monoisotopic (exact) mass is 455 g/mol. The highest BCUT2D eigenvalue weighted by atomic mass is 32.2. The van der Waals surface area contributed by atoms with Crippen LogP contribution in [0.4, 0.5) is 5.69 Å². The predicted molar refractivity (Wildman–Crippen MR) is 114 cm³/mol. The van der Waals surface area contributed by atoms with Crippen molar-refractivity contribution in [2.24, 2.45) is 5.92 Å². The van der Waals surface area contributed by atoms with Crippen molar-refractivity contribution in [3.63, 3.8) is 0 Å². The standard InChI is InChI=1S/C20H29N3O5S2/c24-20(16-6-11-22(12-7-16)18-8-13-29(25,26)15-18)21-17-4-3-5-19(14-17)30(27,28)23-9-1-2-10-23/h3-5,14,16,18H,1-2,6-13,15H2,(H,21,24)/t18-/m0/s1. The van der Waals surface area contributed by atoms with Gasteiger partial charge in [0.2, 0.25) is 15.9 Å². The van der Waals surface area contributed by atoms with Crippen LogP contribution < -0.4 is 5.32 Å². The summed E-state index contributed by atoms with van der Waals surface area (Å²) in [5.74, 6) is 0.221. The van der Waals surface area contributed by atoms with Crippen molar-refractivity contribution in [2.45, 2.75) is 43.0 Å². The van der Waals surface area contributed by atoms with Crippen LogP contribution >= 0.6 is 0 Å². The number of amides is 1. The smallest absolute Gasteiger partial charge is 0.243 e. The average molecular weight is 456 g/mol. The Bertz CT molecular complexity index is 995. The quantitative estimate of drug-likeness (QED) is 0.718. The third-order valence-corrected chi connectivity index (χ3v) is 10.1. The van der Waals surface area contributed by atoms with Crippen molar-refractivity contribution in [2.75, 3.05) is 43.0 Å². The van der Waals surface area contributed by atoms with Crippen molar-refractivity contribution in [3.05, 3.63) is 24.3 Å². The molecular formula is C20H29N3O5S2. The van der Waals surface area contributed by atoms with Gasteiger partial charge in [-0.3, -0.25) is 9.69 Å². The first-order chi connectivity index (χ1) is 14.2. The summed E-state index contributed by atoms with van der Waals surface area (Å²) in [6, 6.07) is 6.54. The summed E-state index contributed by atoms with van der Waals surface area (Å²) in [5.41, 5.74) is 0.490. The van der Waals surface area contributed by atoms with Crippen LogP contribution in [0.15, 0.2) is 29.2 Å². The van der Waals surface area contributed by atoms with Gasteiger partial charge in [0.15, 0.2) is 9.84 Å². The zero-order valence-corrected chi connectivity index (χ0v) is 18.6. The fraction of sp³-hybridized carbons (Fsp3) is 0.650. The van der Waals surface area contributed by atoms with E-state index in [1.807, 2.05) is 0 Å². The molecule has 3 fully saturated rings. The van der Waals surface area contributed by atoms with E-state index in [1.54, 1.807) is 18.2 Å². The molecule has 0 saturated carbocycles. The Labute approximate surface area is 178 Å². The van der Waals surface area contributed by atoms with Gasteiger partial charge in [-0.25, -0.2) is 16.8 Å². The van der Waals surface area contributed by atoms with Gasteiger partial charge < -0.3 is 5.32 Å². The average Bonchev–Trinajstić information content (AvgIpc) is 3.38. The highest BCUT2D eigenvalue weighted by Crippen LogP contribution is 2.27. The van der Waals surface area contributed by atoms with Gasteiger partial charge in [0.05, 0.1) is 16.4 Å². The molecule has 0 aromatic heterocycles. The van der Waals surface area contributed by atoms with Crippen LogP contribution in [0.5, 0.6) is 0 Å². The Morgan fingerprint density at radius 2 is 1.73 bits per heavy atom. The summed E-state index contributed by atoms with van der Waals surface area (Å²) in [5, 5.41) is 2.88. The molecular weight excluding hydrogens is 426 g/mol. The van der Waals surface area contributed by atoms with Gasteiger partial charge >= 0.3 is 0 Å². The maximum Gasteiger partial charge on any atom is 0.243 e. The lowest BCUT2D eigenvalue weighted by molar-refractivity contribution is -0.121. The Hall–Kier alpha value is -1.49. The van der Waals surface area contributed by atoms with Gasteiger partial charge in [-0.05, 0) is 63.4 Å². The first kappa shape index (κ1) is 21.7. The number of nitrogens with zero attached hydrogens (tertiary/aromatic N) is 2. The molecule has 3 aliphatic heterocycles. The molecule has 1 amide bonds. The topological polar surface area (TPSA) is 104 Å². The molecule has 30 heavy (non-hydrogen) atoms. The van der Waals surface area contributed by atoms with Crippen molar-refractivity contribution < 1.29 is 21.6 Å². The Morgan fingerprint density at radius 3 is 2.37 bits per heavy atom. The number of sulfonamides is 1. The van der Waals surface area contributed by atoms with Gasteiger partial charge in [-0.15, -0.1) is 0 Å². The van der Waals surface area contributed by atoms with Gasteiger partial charge in [-0.2, -0.15) is 4.31 Å². The van der Waals surface area contributed by atoms with Gasteiger partial charge in [0, 0.05) is 30.7 Å². The zero-order valence-electron chi connectivity index (χ0n) is 17.0. The van der Waals surface area contributed by atoms with Crippen LogP contribution in [-0.4, -0.2) is 75.7 Å². The molecule has 1 N–H and O–H groups in total. The molecule has 0 aliphatic carbocycles. The second-order valence-electron chi connectivity index (χ2n) is 8.50. The molecule has 3 heterocycles. The number of hydrogen-bond donors (Lipinski definition) is 1. The van der Waals surface area contributed by atoms with Crippen molar-refractivity contribution in [1.82, 2.24) is 9.21 Å². The lowest BCUT2D eigenvalue weighted by Crippen LogP contribution is -2.44. The number of likely N-dealkylation sites (tertiary alicyclic amines) is 1. The van der Waals surface area contributed by atoms with E-state index in [0.717, 1.165) is 12.8 Å². The van der Waals surface area contributed by atoms with E-state index in [2.05, 4.69) is 10.2 Å². The zero-order chi connectivity index (χ0) is 21.4. The van der Waals surface area contributed by atoms with E-state index in [1.165, 1.54) is 10.4 Å². The number of nitrogens with one attached hydrogen (secondary N) is 1. The first-order valence-electron chi connectivity index (χ1n) is 10.6. The Balaban J connectivity index is 1.35. The summed E-state index contributed by atoms with van der Waals surface area (Å²) in [4.78, 5) is 15.1. The number of anilines is 1. The number of benzene rings is 1. The van der Waals surface area contributed by atoms with Crippen LogP contribution in [-0.2, 0) is 24.7 Å². The van der Waals surface area contributed by atoms with E-state index < -0.39 is 19.9 Å². The fourth-order valence-corrected chi connectivity index (χ4v) is 7.97. The van der Waals surface area contributed by atoms with Gasteiger partial charge in [0.1, 0.15) is 0 Å². The molecule has 1 atom stereocenters. The van der Waals surface area contributed by atoms with Crippen LogP contribution in [0.2, 0.25) is 0 Å². The minimum atomic E-state index is -3.52. The van der Waals surface area contributed by atoms with E-state index >= 15 is 0 Å². The van der Waals surface area contributed by atoms with Crippen LogP contribution in [0.1, 0.15) is 32.1 Å². The normalized spacial score (nSPS) is 26.1. The number of sulfone groups is 1. The SMILES string of the molecule is O=C(Nc1cccc(S(=O)(=O)N2CCCC2)c1)C1CCN([C@H]2CCS(=O)(=O)C2)CC1. The molecule has 0 spiro atoms. The Kier molecular flexibility index (Phi) is 6.20. The molecule has 1 aromatic rings. The van der Waals surface area contributed by atoms with Crippen LogP contribution in [0.25, 0.3) is 0 Å². The third-order valence-electron chi connectivity index (χ3n) is 6.43. The molecule has 8 nitrogen and oxygen atoms in total. The molecule has 4 rings (SSSR count). The molecule has 10 heteroatoms.